The minimum atomic E-state index is -0.597. The number of nitrogens with two attached hydrogens (primary N) is 1. The van der Waals surface area contributed by atoms with Crippen LogP contribution in [-0.2, 0) is 4.79 Å². The number of likely N-dealkylation sites (N-methyl/N-ethyl adjacent to an activating group) is 1. The maximum absolute atomic E-state index is 11.7. The van der Waals surface area contributed by atoms with E-state index in [4.69, 9.17) is 5.73 Å². The number of amides is 1. The van der Waals surface area contributed by atoms with Crippen molar-refractivity contribution in [1.29, 1.82) is 0 Å². The van der Waals surface area contributed by atoms with Gasteiger partial charge in [0.25, 0.3) is 0 Å². The Morgan fingerprint density at radius 3 is 2.20 bits per heavy atom. The van der Waals surface area contributed by atoms with Crippen molar-refractivity contribution in [2.24, 2.45) is 5.73 Å². The molecule has 0 bridgehead atoms. The van der Waals surface area contributed by atoms with E-state index in [1.165, 1.54) is 0 Å². The molecule has 1 amide bonds. The van der Waals surface area contributed by atoms with Crippen LogP contribution in [0.3, 0.4) is 0 Å². The number of primary amides is 1. The second kappa shape index (κ2) is 10.1. The zero-order chi connectivity index (χ0) is 15.6. The molecule has 5 heteroatoms. The number of hydrogen-bond donors (Lipinski definition) is 2. The summed E-state index contributed by atoms with van der Waals surface area (Å²) < 4.78 is 0. The second-order valence-corrected chi connectivity index (χ2v) is 6.02. The third-order valence-corrected chi connectivity index (χ3v) is 3.64. The molecule has 1 atom stereocenters. The summed E-state index contributed by atoms with van der Waals surface area (Å²) in [6.07, 6.45) is 2.89. The van der Waals surface area contributed by atoms with Crippen molar-refractivity contribution in [2.45, 2.75) is 45.6 Å². The molecule has 120 valence electrons. The van der Waals surface area contributed by atoms with E-state index < -0.39 is 5.54 Å². The van der Waals surface area contributed by atoms with Gasteiger partial charge in [0.15, 0.2) is 0 Å². The van der Waals surface area contributed by atoms with Crippen LogP contribution in [0.1, 0.15) is 40.0 Å². The van der Waals surface area contributed by atoms with Crippen LogP contribution in [0, 0.1) is 0 Å². The number of rotatable bonds is 12. The fourth-order valence-electron chi connectivity index (χ4n) is 2.07. The number of carbonyl (C=O) groups excluding carboxylic acids is 1. The van der Waals surface area contributed by atoms with Gasteiger partial charge in [-0.05, 0) is 53.4 Å². The lowest BCUT2D eigenvalue weighted by molar-refractivity contribution is -0.124. The highest BCUT2D eigenvalue weighted by Crippen LogP contribution is 2.11. The molecule has 0 rings (SSSR count). The number of hydrogen-bond acceptors (Lipinski definition) is 4. The average Bonchev–Trinajstić information content (AvgIpc) is 2.39. The molecule has 0 radical (unpaired) electrons. The van der Waals surface area contributed by atoms with Crippen LogP contribution in [0.5, 0.6) is 0 Å². The molecule has 0 aromatic heterocycles. The van der Waals surface area contributed by atoms with Gasteiger partial charge in [-0.15, -0.1) is 0 Å². The largest absolute Gasteiger partial charge is 0.368 e. The van der Waals surface area contributed by atoms with Gasteiger partial charge in [0.05, 0.1) is 5.54 Å². The zero-order valence-electron chi connectivity index (χ0n) is 14.0. The van der Waals surface area contributed by atoms with Crippen molar-refractivity contribution in [3.8, 4) is 0 Å². The van der Waals surface area contributed by atoms with E-state index in [0.717, 1.165) is 52.0 Å². The normalized spacial score (nSPS) is 14.8. The fraction of sp³-hybridized carbons (Fsp3) is 0.933. The Hall–Kier alpha value is -0.650. The van der Waals surface area contributed by atoms with Crippen molar-refractivity contribution in [3.05, 3.63) is 0 Å². The van der Waals surface area contributed by atoms with Gasteiger partial charge >= 0.3 is 0 Å². The molecule has 5 nitrogen and oxygen atoms in total. The van der Waals surface area contributed by atoms with E-state index >= 15 is 0 Å². The first-order chi connectivity index (χ1) is 9.35. The molecule has 0 aliphatic rings. The Morgan fingerprint density at radius 1 is 1.10 bits per heavy atom. The molecular formula is C15H34N4O. The molecule has 20 heavy (non-hydrogen) atoms. The lowest BCUT2D eigenvalue weighted by Crippen LogP contribution is -2.55. The minimum absolute atomic E-state index is 0.255. The highest BCUT2D eigenvalue weighted by Gasteiger charge is 2.30. The van der Waals surface area contributed by atoms with Crippen molar-refractivity contribution in [2.75, 3.05) is 46.8 Å². The van der Waals surface area contributed by atoms with Crippen molar-refractivity contribution in [1.82, 2.24) is 15.1 Å². The smallest absolute Gasteiger partial charge is 0.237 e. The van der Waals surface area contributed by atoms with E-state index in [1.54, 1.807) is 0 Å². The first-order valence-corrected chi connectivity index (χ1v) is 7.77. The monoisotopic (exact) mass is 286 g/mol. The maximum atomic E-state index is 11.7. The first kappa shape index (κ1) is 19.4. The van der Waals surface area contributed by atoms with E-state index in [9.17, 15) is 4.79 Å². The van der Waals surface area contributed by atoms with Crippen molar-refractivity contribution >= 4 is 5.91 Å². The second-order valence-electron chi connectivity index (χ2n) is 6.02. The van der Waals surface area contributed by atoms with Crippen LogP contribution in [0.2, 0.25) is 0 Å². The summed E-state index contributed by atoms with van der Waals surface area (Å²) >= 11 is 0. The Kier molecular flexibility index (Phi) is 9.80. The lowest BCUT2D eigenvalue weighted by atomic mass is 9.96. The molecule has 0 saturated heterocycles. The summed E-state index contributed by atoms with van der Waals surface area (Å²) in [6, 6.07) is 0. The highest BCUT2D eigenvalue weighted by molar-refractivity contribution is 5.84. The molecule has 0 aromatic rings. The van der Waals surface area contributed by atoms with Crippen LogP contribution < -0.4 is 11.1 Å². The Morgan fingerprint density at radius 2 is 1.75 bits per heavy atom. The van der Waals surface area contributed by atoms with Crippen LogP contribution in [0.25, 0.3) is 0 Å². The van der Waals surface area contributed by atoms with E-state index in [0.29, 0.717) is 0 Å². The van der Waals surface area contributed by atoms with E-state index in [1.807, 2.05) is 6.92 Å². The summed E-state index contributed by atoms with van der Waals surface area (Å²) in [5.41, 5.74) is 4.97. The third-order valence-electron chi connectivity index (χ3n) is 3.64. The molecule has 0 spiro atoms. The third kappa shape index (κ3) is 7.82. The number of nitrogens with one attached hydrogen (secondary N) is 1. The molecule has 0 fully saturated rings. The van der Waals surface area contributed by atoms with Gasteiger partial charge in [-0.3, -0.25) is 4.79 Å². The topological polar surface area (TPSA) is 61.6 Å². The van der Waals surface area contributed by atoms with Crippen LogP contribution in [-0.4, -0.2) is 68.1 Å². The van der Waals surface area contributed by atoms with Gasteiger partial charge in [0.2, 0.25) is 5.91 Å². The molecule has 3 N–H and O–H groups in total. The van der Waals surface area contributed by atoms with Gasteiger partial charge in [-0.1, -0.05) is 13.8 Å². The van der Waals surface area contributed by atoms with E-state index in [2.05, 4.69) is 43.1 Å². The first-order valence-electron chi connectivity index (χ1n) is 7.77. The predicted octanol–water partition coefficient (Wildman–Crippen LogP) is 0.894. The molecule has 0 heterocycles. The summed E-state index contributed by atoms with van der Waals surface area (Å²) in [5, 5.41) is 3.30. The Balaban J connectivity index is 4.41. The van der Waals surface area contributed by atoms with Crippen molar-refractivity contribution < 1.29 is 4.79 Å². The quantitative estimate of drug-likeness (QED) is 0.559. The van der Waals surface area contributed by atoms with Gasteiger partial charge in [-0.2, -0.15) is 0 Å². The van der Waals surface area contributed by atoms with Crippen LogP contribution in [0.4, 0.5) is 0 Å². The molecule has 1 unspecified atom stereocenters. The maximum Gasteiger partial charge on any atom is 0.237 e. The van der Waals surface area contributed by atoms with Gasteiger partial charge in [0.1, 0.15) is 0 Å². The SMILES string of the molecule is CCCNC(C)(CCN(CCC)CCN(C)C)C(N)=O. The molecule has 0 aromatic carbocycles. The molecule has 0 saturated carbocycles. The molecular weight excluding hydrogens is 252 g/mol. The molecule has 0 aliphatic carbocycles. The average molecular weight is 286 g/mol. The number of nitrogens with zero attached hydrogens (tertiary/aromatic N) is 2. The number of carbonyl (C=O) groups is 1. The van der Waals surface area contributed by atoms with Crippen molar-refractivity contribution in [3.63, 3.8) is 0 Å². The zero-order valence-corrected chi connectivity index (χ0v) is 14.0. The van der Waals surface area contributed by atoms with Crippen LogP contribution in [0.15, 0.2) is 0 Å². The minimum Gasteiger partial charge on any atom is -0.368 e. The summed E-state index contributed by atoms with van der Waals surface area (Å²) in [7, 11) is 4.17. The lowest BCUT2D eigenvalue weighted by Gasteiger charge is -2.31. The van der Waals surface area contributed by atoms with Gasteiger partial charge in [-0.25, -0.2) is 0 Å². The summed E-state index contributed by atoms with van der Waals surface area (Å²) in [6.45, 7) is 11.1. The standard InChI is InChI=1S/C15H34N4O/c1-6-9-17-15(3,14(16)20)8-11-19(10-7-2)13-12-18(4)5/h17H,6-13H2,1-5H3,(H2,16,20). The predicted molar refractivity (Wildman–Crippen MR) is 85.8 cm³/mol. The van der Waals surface area contributed by atoms with Gasteiger partial charge in [0, 0.05) is 19.6 Å². The van der Waals surface area contributed by atoms with E-state index in [-0.39, 0.29) is 5.91 Å². The Bertz CT molecular complexity index is 271. The van der Waals surface area contributed by atoms with Crippen LogP contribution >= 0.6 is 0 Å². The summed E-state index contributed by atoms with van der Waals surface area (Å²) in [5.74, 6) is -0.255. The summed E-state index contributed by atoms with van der Waals surface area (Å²) in [4.78, 5) is 16.3. The van der Waals surface area contributed by atoms with Gasteiger partial charge < -0.3 is 20.9 Å². The Labute approximate surface area is 124 Å². The highest BCUT2D eigenvalue weighted by atomic mass is 16.1. The fourth-order valence-corrected chi connectivity index (χ4v) is 2.07. The molecule has 0 aliphatic heterocycles.